The molecule has 5 nitrogen and oxygen atoms in total. The van der Waals surface area contributed by atoms with Crippen LogP contribution in [0.15, 0.2) is 16.7 Å². The number of nitrogens with two attached hydrogens (primary N) is 1. The number of nitrogens with zero attached hydrogens (tertiary/aromatic N) is 3. The molecule has 0 fully saturated rings. The van der Waals surface area contributed by atoms with Crippen LogP contribution in [-0.2, 0) is 6.42 Å². The van der Waals surface area contributed by atoms with Crippen LogP contribution in [0, 0.1) is 13.8 Å². The minimum absolute atomic E-state index is 0.139. The summed E-state index contributed by atoms with van der Waals surface area (Å²) >= 11 is 0. The summed E-state index contributed by atoms with van der Waals surface area (Å²) in [5.74, 6) is 1.16. The minimum atomic E-state index is 0.139. The first-order valence-corrected chi connectivity index (χ1v) is 6.08. The molecule has 0 aliphatic carbocycles. The summed E-state index contributed by atoms with van der Waals surface area (Å²) in [4.78, 5) is 8.74. The van der Waals surface area contributed by atoms with Crippen LogP contribution in [0.3, 0.4) is 0 Å². The smallest absolute Gasteiger partial charge is 0.227 e. The Labute approximate surface area is 106 Å². The van der Waals surface area contributed by atoms with Gasteiger partial charge in [-0.3, -0.25) is 0 Å². The van der Waals surface area contributed by atoms with Gasteiger partial charge in [-0.15, -0.1) is 0 Å². The second-order valence-electron chi connectivity index (χ2n) is 4.70. The van der Waals surface area contributed by atoms with E-state index < -0.39 is 0 Å². The molecule has 2 heterocycles. The fourth-order valence-corrected chi connectivity index (χ4v) is 1.77. The molecule has 0 amide bonds. The summed E-state index contributed by atoms with van der Waals surface area (Å²) in [5.41, 5.74) is 8.54. The molecule has 5 heteroatoms. The van der Waals surface area contributed by atoms with Gasteiger partial charge in [-0.1, -0.05) is 5.16 Å². The van der Waals surface area contributed by atoms with E-state index in [9.17, 15) is 0 Å². The highest BCUT2D eigenvalue weighted by Gasteiger charge is 2.11. The molecule has 0 saturated heterocycles. The lowest BCUT2D eigenvalue weighted by molar-refractivity contribution is 0.372. The van der Waals surface area contributed by atoms with Crippen molar-refractivity contribution in [3.8, 4) is 11.5 Å². The number of rotatable bonds is 4. The molecule has 96 valence electrons. The molecular weight excluding hydrogens is 228 g/mol. The van der Waals surface area contributed by atoms with Crippen molar-refractivity contribution < 1.29 is 4.52 Å². The topological polar surface area (TPSA) is 77.8 Å². The van der Waals surface area contributed by atoms with Crippen molar-refractivity contribution in [2.75, 3.05) is 0 Å². The number of hydrogen-bond acceptors (Lipinski definition) is 5. The lowest BCUT2D eigenvalue weighted by Gasteiger charge is -2.00. The third-order valence-electron chi connectivity index (χ3n) is 2.61. The molecule has 0 aromatic carbocycles. The number of aromatic nitrogens is 3. The standard InChI is InChI=1S/C13H18N4O/c1-8-6-10(3)15-11(7-8)13-16-12(18-17-13)5-4-9(2)14/h6-7,9H,4-5,14H2,1-3H3. The Bertz CT molecular complexity index is 513. The van der Waals surface area contributed by atoms with Gasteiger partial charge in [0.1, 0.15) is 5.69 Å². The van der Waals surface area contributed by atoms with Crippen molar-refractivity contribution in [2.24, 2.45) is 5.73 Å². The Hall–Kier alpha value is -1.75. The molecule has 0 radical (unpaired) electrons. The van der Waals surface area contributed by atoms with Gasteiger partial charge in [-0.2, -0.15) is 4.98 Å². The fourth-order valence-electron chi connectivity index (χ4n) is 1.77. The van der Waals surface area contributed by atoms with Gasteiger partial charge in [0.2, 0.25) is 11.7 Å². The second-order valence-corrected chi connectivity index (χ2v) is 4.70. The Morgan fingerprint density at radius 2 is 2.06 bits per heavy atom. The molecule has 2 aromatic heterocycles. The van der Waals surface area contributed by atoms with E-state index in [1.165, 1.54) is 0 Å². The molecule has 0 saturated carbocycles. The van der Waals surface area contributed by atoms with E-state index in [0.717, 1.165) is 23.4 Å². The largest absolute Gasteiger partial charge is 0.339 e. The van der Waals surface area contributed by atoms with Crippen molar-refractivity contribution in [2.45, 2.75) is 39.7 Å². The van der Waals surface area contributed by atoms with Gasteiger partial charge < -0.3 is 10.3 Å². The molecule has 1 unspecified atom stereocenters. The summed E-state index contributed by atoms with van der Waals surface area (Å²) in [7, 11) is 0. The highest BCUT2D eigenvalue weighted by Crippen LogP contribution is 2.16. The molecule has 2 aromatic rings. The average Bonchev–Trinajstić information content (AvgIpc) is 2.73. The predicted molar refractivity (Wildman–Crippen MR) is 69.0 cm³/mol. The predicted octanol–water partition coefficient (Wildman–Crippen LogP) is 2.03. The Kier molecular flexibility index (Phi) is 3.72. The van der Waals surface area contributed by atoms with Crippen LogP contribution >= 0.6 is 0 Å². The van der Waals surface area contributed by atoms with Crippen LogP contribution < -0.4 is 5.73 Å². The lowest BCUT2D eigenvalue weighted by atomic mass is 10.2. The fraction of sp³-hybridized carbons (Fsp3) is 0.462. The number of hydrogen-bond donors (Lipinski definition) is 1. The van der Waals surface area contributed by atoms with Crippen LogP contribution in [0.2, 0.25) is 0 Å². The third-order valence-corrected chi connectivity index (χ3v) is 2.61. The third kappa shape index (κ3) is 3.13. The average molecular weight is 246 g/mol. The van der Waals surface area contributed by atoms with Crippen molar-refractivity contribution >= 4 is 0 Å². The van der Waals surface area contributed by atoms with E-state index in [2.05, 4.69) is 15.1 Å². The summed E-state index contributed by atoms with van der Waals surface area (Å²) in [6, 6.07) is 4.10. The van der Waals surface area contributed by atoms with E-state index in [0.29, 0.717) is 18.1 Å². The van der Waals surface area contributed by atoms with Crippen molar-refractivity contribution in [3.63, 3.8) is 0 Å². The number of pyridine rings is 1. The molecule has 2 N–H and O–H groups in total. The van der Waals surface area contributed by atoms with Crippen LogP contribution in [0.25, 0.3) is 11.5 Å². The lowest BCUT2D eigenvalue weighted by Crippen LogP contribution is -2.15. The van der Waals surface area contributed by atoms with E-state index in [-0.39, 0.29) is 6.04 Å². The molecule has 1 atom stereocenters. The molecule has 0 spiro atoms. The maximum absolute atomic E-state index is 5.70. The van der Waals surface area contributed by atoms with Crippen molar-refractivity contribution in [1.82, 2.24) is 15.1 Å². The second kappa shape index (κ2) is 5.27. The first-order chi connectivity index (χ1) is 8.54. The van der Waals surface area contributed by atoms with Crippen LogP contribution in [0.4, 0.5) is 0 Å². The van der Waals surface area contributed by atoms with Gasteiger partial charge >= 0.3 is 0 Å². The molecule has 18 heavy (non-hydrogen) atoms. The van der Waals surface area contributed by atoms with E-state index in [1.807, 2.05) is 32.9 Å². The summed E-state index contributed by atoms with van der Waals surface area (Å²) in [6.07, 6.45) is 1.54. The van der Waals surface area contributed by atoms with Crippen molar-refractivity contribution in [3.05, 3.63) is 29.3 Å². The van der Waals surface area contributed by atoms with Crippen molar-refractivity contribution in [1.29, 1.82) is 0 Å². The first-order valence-electron chi connectivity index (χ1n) is 6.08. The molecule has 0 aliphatic heterocycles. The molecule has 0 aliphatic rings. The van der Waals surface area contributed by atoms with Crippen LogP contribution in [0.5, 0.6) is 0 Å². The molecule has 0 bridgehead atoms. The summed E-state index contributed by atoms with van der Waals surface area (Å²) < 4.78 is 5.19. The van der Waals surface area contributed by atoms with Gasteiger partial charge in [-0.05, 0) is 44.9 Å². The molecular formula is C13H18N4O. The Balaban J connectivity index is 2.18. The summed E-state index contributed by atoms with van der Waals surface area (Å²) in [6.45, 7) is 5.94. The van der Waals surface area contributed by atoms with Gasteiger partial charge in [0.25, 0.3) is 0 Å². The molecule has 2 rings (SSSR count). The quantitative estimate of drug-likeness (QED) is 0.893. The monoisotopic (exact) mass is 246 g/mol. The minimum Gasteiger partial charge on any atom is -0.339 e. The Morgan fingerprint density at radius 1 is 1.28 bits per heavy atom. The van der Waals surface area contributed by atoms with Gasteiger partial charge in [0.05, 0.1) is 0 Å². The Morgan fingerprint density at radius 3 is 2.72 bits per heavy atom. The summed E-state index contributed by atoms with van der Waals surface area (Å²) in [5, 5.41) is 3.96. The maximum atomic E-state index is 5.70. The maximum Gasteiger partial charge on any atom is 0.227 e. The zero-order valence-corrected chi connectivity index (χ0v) is 11.0. The van der Waals surface area contributed by atoms with E-state index in [4.69, 9.17) is 10.3 Å². The van der Waals surface area contributed by atoms with Gasteiger partial charge in [-0.25, -0.2) is 4.98 Å². The van der Waals surface area contributed by atoms with Crippen LogP contribution in [0.1, 0.15) is 30.5 Å². The zero-order valence-electron chi connectivity index (χ0n) is 11.0. The van der Waals surface area contributed by atoms with Crippen LogP contribution in [-0.4, -0.2) is 21.2 Å². The normalized spacial score (nSPS) is 12.7. The SMILES string of the molecule is Cc1cc(C)nc(-c2noc(CCC(C)N)n2)c1. The highest BCUT2D eigenvalue weighted by atomic mass is 16.5. The number of aryl methyl sites for hydroxylation is 3. The first kappa shape index (κ1) is 12.7. The zero-order chi connectivity index (χ0) is 13.1. The van der Waals surface area contributed by atoms with E-state index >= 15 is 0 Å². The van der Waals surface area contributed by atoms with Gasteiger partial charge in [0, 0.05) is 18.2 Å². The highest BCUT2D eigenvalue weighted by molar-refractivity contribution is 5.49. The van der Waals surface area contributed by atoms with E-state index in [1.54, 1.807) is 0 Å². The van der Waals surface area contributed by atoms with Gasteiger partial charge in [0.15, 0.2) is 0 Å².